The summed E-state index contributed by atoms with van der Waals surface area (Å²) in [5.74, 6) is 4.13. The van der Waals surface area contributed by atoms with Crippen molar-refractivity contribution in [3.05, 3.63) is 35.1 Å². The molecule has 0 aliphatic rings. The summed E-state index contributed by atoms with van der Waals surface area (Å²) in [7, 11) is 0. The van der Waals surface area contributed by atoms with Crippen LogP contribution in [0.2, 0.25) is 0 Å². The molecular weight excluding hydrogens is 249 g/mol. The quantitative estimate of drug-likeness (QED) is 0.615. The lowest BCUT2D eigenvalue weighted by Gasteiger charge is -2.07. The third-order valence-electron chi connectivity index (χ3n) is 2.26. The van der Waals surface area contributed by atoms with Gasteiger partial charge in [0, 0.05) is 18.7 Å². The van der Waals surface area contributed by atoms with E-state index in [2.05, 4.69) is 17.2 Å². The lowest BCUT2D eigenvalue weighted by Crippen LogP contribution is -2.28. The Kier molecular flexibility index (Phi) is 6.58. The van der Waals surface area contributed by atoms with E-state index in [-0.39, 0.29) is 23.6 Å². The van der Waals surface area contributed by atoms with Crippen molar-refractivity contribution in [2.45, 2.75) is 6.92 Å². The molecule has 0 saturated heterocycles. The molecule has 0 fully saturated rings. The van der Waals surface area contributed by atoms with Crippen LogP contribution in [0.1, 0.15) is 22.8 Å². The second-order valence-corrected chi connectivity index (χ2v) is 3.60. The zero-order chi connectivity index (χ0) is 14.1. The van der Waals surface area contributed by atoms with E-state index in [0.29, 0.717) is 19.8 Å². The number of nitrogens with one attached hydrogen (secondary N) is 1. The van der Waals surface area contributed by atoms with Crippen LogP contribution >= 0.6 is 0 Å². The summed E-state index contributed by atoms with van der Waals surface area (Å²) >= 11 is 0. The van der Waals surface area contributed by atoms with Gasteiger partial charge in [-0.25, -0.2) is 4.39 Å². The Bertz CT molecular complexity index is 491. The molecule has 0 aliphatic carbocycles. The Hall–Kier alpha value is -1.90. The summed E-state index contributed by atoms with van der Waals surface area (Å²) < 4.78 is 18.2. The monoisotopic (exact) mass is 265 g/mol. The van der Waals surface area contributed by atoms with Gasteiger partial charge >= 0.3 is 0 Å². The van der Waals surface area contributed by atoms with Crippen LogP contribution in [0.5, 0.6) is 0 Å². The highest BCUT2D eigenvalue weighted by Crippen LogP contribution is 2.10. The molecule has 0 aliphatic heterocycles. The molecule has 0 radical (unpaired) electrons. The smallest absolute Gasteiger partial charge is 0.252 e. The SMILES string of the molecule is CCOCCNC(=O)c1ccc(F)cc1C#CCO. The van der Waals surface area contributed by atoms with Gasteiger partial charge in [0.15, 0.2) is 0 Å². The topological polar surface area (TPSA) is 58.6 Å². The van der Waals surface area contributed by atoms with Gasteiger partial charge in [0.25, 0.3) is 5.91 Å². The van der Waals surface area contributed by atoms with Gasteiger partial charge in [-0.05, 0) is 25.1 Å². The number of aliphatic hydroxyl groups excluding tert-OH is 1. The number of carbonyl (C=O) groups is 1. The first kappa shape index (κ1) is 15.2. The van der Waals surface area contributed by atoms with Crippen LogP contribution in [0.25, 0.3) is 0 Å². The van der Waals surface area contributed by atoms with Crippen molar-refractivity contribution >= 4 is 5.91 Å². The van der Waals surface area contributed by atoms with Gasteiger partial charge in [-0.15, -0.1) is 0 Å². The van der Waals surface area contributed by atoms with Gasteiger partial charge in [-0.2, -0.15) is 0 Å². The molecule has 0 spiro atoms. The Balaban J connectivity index is 2.78. The van der Waals surface area contributed by atoms with Gasteiger partial charge in [0.05, 0.1) is 12.2 Å². The van der Waals surface area contributed by atoms with E-state index in [1.807, 2.05) is 6.92 Å². The minimum absolute atomic E-state index is 0.253. The Labute approximate surface area is 111 Å². The lowest BCUT2D eigenvalue weighted by molar-refractivity contribution is 0.0922. The standard InChI is InChI=1S/C14H16FNO3/c1-2-19-9-7-16-14(18)13-6-5-12(15)10-11(13)4-3-8-17/h5-6,10,17H,2,7-9H2,1H3,(H,16,18). The number of halogens is 1. The largest absolute Gasteiger partial charge is 0.384 e. The fourth-order valence-electron chi connectivity index (χ4n) is 1.43. The first-order valence-corrected chi connectivity index (χ1v) is 5.94. The van der Waals surface area contributed by atoms with Crippen LogP contribution < -0.4 is 5.32 Å². The second-order valence-electron chi connectivity index (χ2n) is 3.60. The minimum atomic E-state index is -0.479. The lowest BCUT2D eigenvalue weighted by atomic mass is 10.1. The second kappa shape index (κ2) is 8.25. The fourth-order valence-corrected chi connectivity index (χ4v) is 1.43. The molecule has 1 amide bonds. The number of ether oxygens (including phenoxy) is 1. The number of hydrogen-bond donors (Lipinski definition) is 2. The molecule has 102 valence electrons. The van der Waals surface area contributed by atoms with Crippen molar-refractivity contribution < 1.29 is 19.0 Å². The van der Waals surface area contributed by atoms with Crippen LogP contribution in [0.4, 0.5) is 4.39 Å². The van der Waals surface area contributed by atoms with Gasteiger partial charge in [0.1, 0.15) is 12.4 Å². The van der Waals surface area contributed by atoms with E-state index in [1.54, 1.807) is 0 Å². The van der Waals surface area contributed by atoms with Gasteiger partial charge in [-0.1, -0.05) is 11.8 Å². The Morgan fingerprint density at radius 3 is 3.00 bits per heavy atom. The van der Waals surface area contributed by atoms with Crippen LogP contribution in [0.3, 0.4) is 0 Å². The summed E-state index contributed by atoms with van der Waals surface area (Å²) in [6.45, 7) is 2.89. The molecule has 0 bridgehead atoms. The van der Waals surface area contributed by atoms with Crippen molar-refractivity contribution in [1.82, 2.24) is 5.32 Å². The number of benzene rings is 1. The zero-order valence-electron chi connectivity index (χ0n) is 10.7. The van der Waals surface area contributed by atoms with Gasteiger partial charge < -0.3 is 15.2 Å². The molecule has 1 aromatic rings. The number of aliphatic hydroxyl groups is 1. The number of amides is 1. The maximum absolute atomic E-state index is 13.1. The van der Waals surface area contributed by atoms with Crippen molar-refractivity contribution in [3.8, 4) is 11.8 Å². The minimum Gasteiger partial charge on any atom is -0.384 e. The number of rotatable bonds is 5. The van der Waals surface area contributed by atoms with E-state index in [4.69, 9.17) is 9.84 Å². The van der Waals surface area contributed by atoms with Crippen molar-refractivity contribution in [3.63, 3.8) is 0 Å². The summed E-state index contributed by atoms with van der Waals surface area (Å²) in [6.07, 6.45) is 0. The van der Waals surface area contributed by atoms with Gasteiger partial charge in [0.2, 0.25) is 0 Å². The van der Waals surface area contributed by atoms with Crippen LogP contribution in [-0.4, -0.2) is 37.4 Å². The number of hydrogen-bond acceptors (Lipinski definition) is 3. The van der Waals surface area contributed by atoms with Crippen LogP contribution in [0.15, 0.2) is 18.2 Å². The highest BCUT2D eigenvalue weighted by atomic mass is 19.1. The molecule has 2 N–H and O–H groups in total. The van der Waals surface area contributed by atoms with Crippen LogP contribution in [-0.2, 0) is 4.74 Å². The first-order valence-electron chi connectivity index (χ1n) is 5.94. The van der Waals surface area contributed by atoms with E-state index in [1.165, 1.54) is 18.2 Å². The maximum atomic E-state index is 13.1. The molecule has 19 heavy (non-hydrogen) atoms. The predicted octanol–water partition coefficient (Wildman–Crippen LogP) is 0.936. The predicted molar refractivity (Wildman–Crippen MR) is 69.2 cm³/mol. The highest BCUT2D eigenvalue weighted by Gasteiger charge is 2.10. The van der Waals surface area contributed by atoms with Gasteiger partial charge in [-0.3, -0.25) is 4.79 Å². The normalized spacial score (nSPS) is 9.63. The van der Waals surface area contributed by atoms with E-state index in [9.17, 15) is 9.18 Å². The first-order chi connectivity index (χ1) is 9.19. The summed E-state index contributed by atoms with van der Waals surface area (Å²) in [5, 5.41) is 11.3. The molecule has 0 aromatic heterocycles. The third kappa shape index (κ3) is 5.08. The molecule has 1 aromatic carbocycles. The fraction of sp³-hybridized carbons (Fsp3) is 0.357. The highest BCUT2D eigenvalue weighted by molar-refractivity contribution is 5.96. The maximum Gasteiger partial charge on any atom is 0.252 e. The summed E-state index contributed by atoms with van der Waals surface area (Å²) in [6, 6.07) is 3.73. The molecule has 0 atom stereocenters. The van der Waals surface area contributed by atoms with E-state index < -0.39 is 5.82 Å². The average Bonchev–Trinajstić information content (AvgIpc) is 2.41. The average molecular weight is 265 g/mol. The summed E-state index contributed by atoms with van der Waals surface area (Å²) in [5.41, 5.74) is 0.529. The molecule has 1 rings (SSSR count). The van der Waals surface area contributed by atoms with Crippen LogP contribution in [0, 0.1) is 17.7 Å². The molecule has 0 saturated carbocycles. The number of carbonyl (C=O) groups excluding carboxylic acids is 1. The van der Waals surface area contributed by atoms with Crippen molar-refractivity contribution in [1.29, 1.82) is 0 Å². The zero-order valence-corrected chi connectivity index (χ0v) is 10.7. The Morgan fingerprint density at radius 1 is 1.53 bits per heavy atom. The molecular formula is C14H16FNO3. The van der Waals surface area contributed by atoms with Crippen molar-refractivity contribution in [2.75, 3.05) is 26.4 Å². The van der Waals surface area contributed by atoms with Crippen molar-refractivity contribution in [2.24, 2.45) is 0 Å². The summed E-state index contributed by atoms with van der Waals surface area (Å²) in [4.78, 5) is 11.9. The third-order valence-corrected chi connectivity index (χ3v) is 2.26. The molecule has 0 unspecified atom stereocenters. The molecule has 5 heteroatoms. The Morgan fingerprint density at radius 2 is 2.32 bits per heavy atom. The molecule has 0 heterocycles. The van der Waals surface area contributed by atoms with E-state index in [0.717, 1.165) is 0 Å². The molecule has 4 nitrogen and oxygen atoms in total. The van der Waals surface area contributed by atoms with E-state index >= 15 is 0 Å².